The highest BCUT2D eigenvalue weighted by molar-refractivity contribution is 7.95. The lowest BCUT2D eigenvalue weighted by Crippen LogP contribution is -2.56. The van der Waals surface area contributed by atoms with E-state index in [0.717, 1.165) is 12.1 Å². The van der Waals surface area contributed by atoms with Crippen LogP contribution in [-0.2, 0) is 14.3 Å². The Kier molecular flexibility index (Phi) is 7.75. The number of rotatable bonds is 4. The molecule has 0 aromatic heterocycles. The first kappa shape index (κ1) is 22.6. The van der Waals surface area contributed by atoms with Gasteiger partial charge in [0.25, 0.3) is 0 Å². The Hall–Kier alpha value is -2.08. The van der Waals surface area contributed by atoms with Crippen LogP contribution in [0.15, 0.2) is 18.2 Å². The Balaban J connectivity index is 1.49. The van der Waals surface area contributed by atoms with Crippen LogP contribution in [-0.4, -0.2) is 61.1 Å². The largest absolute Gasteiger partial charge is 0.453 e. The Labute approximate surface area is 182 Å². The van der Waals surface area contributed by atoms with Crippen molar-refractivity contribution in [2.24, 2.45) is 0 Å². The number of carbonyl (C=O) groups is 3. The number of halogens is 2. The lowest BCUT2D eigenvalue weighted by Gasteiger charge is -2.33. The van der Waals surface area contributed by atoms with Crippen molar-refractivity contribution < 1.29 is 23.5 Å². The zero-order chi connectivity index (χ0) is 21.7. The summed E-state index contributed by atoms with van der Waals surface area (Å²) in [4.78, 5) is 38.3. The summed E-state index contributed by atoms with van der Waals surface area (Å²) in [5.41, 5.74) is 0.370. The highest BCUT2D eigenvalue weighted by Crippen LogP contribution is 2.21. The average molecular weight is 460 g/mol. The van der Waals surface area contributed by atoms with E-state index in [0.29, 0.717) is 31.6 Å². The normalized spacial score (nSPS) is 22.3. The van der Waals surface area contributed by atoms with Crippen LogP contribution in [0.2, 0.25) is 5.02 Å². The molecule has 0 saturated carbocycles. The second-order valence-corrected chi connectivity index (χ2v) is 8.12. The van der Waals surface area contributed by atoms with E-state index in [-0.39, 0.29) is 35.4 Å². The van der Waals surface area contributed by atoms with Gasteiger partial charge in [0.05, 0.1) is 24.2 Å². The van der Waals surface area contributed by atoms with Gasteiger partial charge in [0.2, 0.25) is 11.8 Å². The molecule has 1 aromatic carbocycles. The minimum atomic E-state index is -0.628. The van der Waals surface area contributed by atoms with E-state index in [1.54, 1.807) is 4.90 Å². The Morgan fingerprint density at radius 2 is 1.87 bits per heavy atom. The Morgan fingerprint density at radius 3 is 2.50 bits per heavy atom. The molecule has 0 bridgehead atoms. The van der Waals surface area contributed by atoms with E-state index >= 15 is 0 Å². The number of amides is 3. The van der Waals surface area contributed by atoms with E-state index in [1.165, 1.54) is 25.3 Å². The maximum absolute atomic E-state index is 13.3. The van der Waals surface area contributed by atoms with E-state index in [4.69, 9.17) is 16.3 Å². The van der Waals surface area contributed by atoms with Gasteiger partial charge in [-0.3, -0.25) is 9.59 Å². The summed E-state index contributed by atoms with van der Waals surface area (Å²) in [5, 5.41) is 5.56. The molecule has 0 radical (unpaired) electrons. The van der Waals surface area contributed by atoms with Crippen LogP contribution in [0.25, 0.3) is 0 Å². The molecule has 2 unspecified atom stereocenters. The van der Waals surface area contributed by atoms with Crippen molar-refractivity contribution in [1.29, 1.82) is 0 Å². The summed E-state index contributed by atoms with van der Waals surface area (Å²) in [6.45, 7) is 1.02. The zero-order valence-electron chi connectivity index (χ0n) is 16.2. The molecular formula is C18H23ClFN5O4S. The third kappa shape index (κ3) is 5.75. The van der Waals surface area contributed by atoms with Crippen molar-refractivity contribution in [2.75, 3.05) is 25.5 Å². The molecule has 9 nitrogen and oxygen atoms in total. The van der Waals surface area contributed by atoms with Crippen molar-refractivity contribution in [3.63, 3.8) is 0 Å². The number of carbonyl (C=O) groups excluding carboxylic acids is 3. The predicted molar refractivity (Wildman–Crippen MR) is 111 cm³/mol. The van der Waals surface area contributed by atoms with Crippen LogP contribution in [0.3, 0.4) is 0 Å². The summed E-state index contributed by atoms with van der Waals surface area (Å²) in [6, 6.07) is 2.67. The molecule has 3 amide bonds. The molecule has 0 spiro atoms. The lowest BCUT2D eigenvalue weighted by atomic mass is 10.0. The molecule has 2 aliphatic heterocycles. The summed E-state index contributed by atoms with van der Waals surface area (Å²) in [5.74, 6) is -1.13. The van der Waals surface area contributed by atoms with Crippen LogP contribution in [0.5, 0.6) is 0 Å². The summed E-state index contributed by atoms with van der Waals surface area (Å²) >= 11 is 6.81. The molecule has 0 aliphatic carbocycles. The van der Waals surface area contributed by atoms with Crippen LogP contribution in [0.4, 0.5) is 14.9 Å². The number of methoxy groups -OCH3 is 1. The van der Waals surface area contributed by atoms with E-state index in [2.05, 4.69) is 20.1 Å². The first-order valence-corrected chi connectivity index (χ1v) is 10.6. The van der Waals surface area contributed by atoms with Crippen LogP contribution < -0.4 is 20.1 Å². The number of hydrogen-bond donors (Lipinski definition) is 4. The van der Waals surface area contributed by atoms with Gasteiger partial charge in [0.1, 0.15) is 5.82 Å². The number of benzene rings is 1. The van der Waals surface area contributed by atoms with Crippen molar-refractivity contribution in [1.82, 2.24) is 19.7 Å². The predicted octanol–water partition coefficient (Wildman–Crippen LogP) is 1.65. The highest BCUT2D eigenvalue weighted by atomic mass is 35.5. The van der Waals surface area contributed by atoms with Gasteiger partial charge in [-0.15, -0.1) is 0 Å². The fraction of sp³-hybridized carbons (Fsp3) is 0.500. The number of hydrogen-bond acceptors (Lipinski definition) is 7. The lowest BCUT2D eigenvalue weighted by molar-refractivity contribution is -0.124. The summed E-state index contributed by atoms with van der Waals surface area (Å²) < 4.78 is 23.9. The van der Waals surface area contributed by atoms with Crippen LogP contribution in [0, 0.1) is 5.82 Å². The number of likely N-dealkylation sites (tertiary alicyclic amines) is 1. The molecule has 2 aliphatic rings. The van der Waals surface area contributed by atoms with Gasteiger partial charge in [-0.1, -0.05) is 11.6 Å². The molecular weight excluding hydrogens is 437 g/mol. The van der Waals surface area contributed by atoms with Crippen molar-refractivity contribution in [2.45, 2.75) is 37.4 Å². The van der Waals surface area contributed by atoms with Gasteiger partial charge in [-0.2, -0.15) is 0 Å². The summed E-state index contributed by atoms with van der Waals surface area (Å²) in [6.07, 6.45) is 1.13. The molecule has 2 heterocycles. The van der Waals surface area contributed by atoms with Crippen LogP contribution in [0.1, 0.15) is 19.3 Å². The van der Waals surface area contributed by atoms with Gasteiger partial charge in [0.15, 0.2) is 0 Å². The number of nitrogens with one attached hydrogen (secondary N) is 4. The third-order valence-corrected chi connectivity index (χ3v) is 6.06. The molecule has 30 heavy (non-hydrogen) atoms. The quantitative estimate of drug-likeness (QED) is 0.506. The highest BCUT2D eigenvalue weighted by Gasteiger charge is 2.33. The number of anilines is 1. The minimum Gasteiger partial charge on any atom is -0.453 e. The van der Waals surface area contributed by atoms with Gasteiger partial charge < -0.3 is 20.3 Å². The van der Waals surface area contributed by atoms with E-state index < -0.39 is 17.9 Å². The molecule has 164 valence electrons. The second kappa shape index (κ2) is 10.3. The topological polar surface area (TPSA) is 112 Å². The monoisotopic (exact) mass is 459 g/mol. The number of ether oxygens (including phenoxy) is 1. The standard InChI is InChI=1S/C18H23ClFN5O4S/c1-29-18(28)25-6-4-10(5-7-25)21-16(26)14-9-15(24-30-23-14)17(27)22-11-2-3-13(20)12(19)8-11/h2-3,8,10,14-15,23-24H,4-7,9H2,1H3,(H,21,26)(H,22,27). The number of nitrogens with zero attached hydrogens (tertiary/aromatic N) is 1. The van der Waals surface area contributed by atoms with E-state index in [1.807, 2.05) is 0 Å². The van der Waals surface area contributed by atoms with Gasteiger partial charge >= 0.3 is 6.09 Å². The number of piperidine rings is 1. The smallest absolute Gasteiger partial charge is 0.409 e. The molecule has 3 rings (SSSR count). The SMILES string of the molecule is COC(=O)N1CCC(NC(=O)C2CC(C(=O)Nc3ccc(F)c(Cl)c3)NSN2)CC1. The molecule has 2 atom stereocenters. The molecule has 1 aromatic rings. The van der Waals surface area contributed by atoms with Gasteiger partial charge in [0, 0.05) is 37.0 Å². The fourth-order valence-electron chi connectivity index (χ4n) is 3.27. The molecule has 2 saturated heterocycles. The molecule has 2 fully saturated rings. The van der Waals surface area contributed by atoms with Crippen molar-refractivity contribution in [3.8, 4) is 0 Å². The fourth-order valence-corrected chi connectivity index (χ4v) is 4.21. The van der Waals surface area contributed by atoms with Gasteiger partial charge in [-0.05, 0) is 37.5 Å². The van der Waals surface area contributed by atoms with Crippen LogP contribution >= 0.6 is 23.7 Å². The van der Waals surface area contributed by atoms with Gasteiger partial charge in [-0.25, -0.2) is 18.6 Å². The first-order chi connectivity index (χ1) is 14.4. The third-order valence-electron chi connectivity index (χ3n) is 4.97. The Morgan fingerprint density at radius 1 is 1.20 bits per heavy atom. The minimum absolute atomic E-state index is 0.0475. The first-order valence-electron chi connectivity index (χ1n) is 9.43. The maximum atomic E-state index is 13.3. The van der Waals surface area contributed by atoms with Crippen molar-refractivity contribution in [3.05, 3.63) is 29.0 Å². The molecule has 12 heteroatoms. The zero-order valence-corrected chi connectivity index (χ0v) is 17.8. The summed E-state index contributed by atoms with van der Waals surface area (Å²) in [7, 11) is 1.34. The molecule has 4 N–H and O–H groups in total. The average Bonchev–Trinajstić information content (AvgIpc) is 2.76. The maximum Gasteiger partial charge on any atom is 0.409 e. The Bertz CT molecular complexity index is 809. The second-order valence-electron chi connectivity index (χ2n) is 7.04. The van der Waals surface area contributed by atoms with E-state index in [9.17, 15) is 18.8 Å². The van der Waals surface area contributed by atoms with Crippen molar-refractivity contribution >= 4 is 47.3 Å².